The number of carbonyl (C=O) groups excluding carboxylic acids is 1. The van der Waals surface area contributed by atoms with Crippen molar-refractivity contribution in [2.75, 3.05) is 38.3 Å². The molecule has 1 saturated heterocycles. The maximum absolute atomic E-state index is 12.2. The van der Waals surface area contributed by atoms with Gasteiger partial charge in [-0.1, -0.05) is 0 Å². The van der Waals surface area contributed by atoms with Crippen molar-refractivity contribution < 1.29 is 9.53 Å². The predicted octanol–water partition coefficient (Wildman–Crippen LogP) is 1.76. The van der Waals surface area contributed by atoms with Crippen LogP contribution in [0.3, 0.4) is 0 Å². The monoisotopic (exact) mass is 310 g/mol. The van der Waals surface area contributed by atoms with E-state index in [0.717, 1.165) is 51.3 Å². The average molecular weight is 311 g/mol. The van der Waals surface area contributed by atoms with Gasteiger partial charge in [-0.05, 0) is 44.1 Å². The molecule has 0 aromatic heterocycles. The van der Waals surface area contributed by atoms with Gasteiger partial charge < -0.3 is 15.4 Å². The number of piperidine rings is 1. The number of carbonyl (C=O) groups is 1. The Kier molecular flexibility index (Phi) is 10.8. The van der Waals surface area contributed by atoms with Crippen molar-refractivity contribution in [2.24, 2.45) is 11.7 Å². The van der Waals surface area contributed by atoms with Crippen molar-refractivity contribution in [3.05, 3.63) is 0 Å². The highest BCUT2D eigenvalue weighted by molar-refractivity contribution is 7.98. The van der Waals surface area contributed by atoms with E-state index in [1.165, 1.54) is 0 Å². The first-order valence-corrected chi connectivity index (χ1v) is 8.19. The van der Waals surface area contributed by atoms with Crippen LogP contribution < -0.4 is 5.73 Å². The zero-order valence-electron chi connectivity index (χ0n) is 12.0. The van der Waals surface area contributed by atoms with Gasteiger partial charge >= 0.3 is 0 Å². The highest BCUT2D eigenvalue weighted by atomic mass is 35.5. The van der Waals surface area contributed by atoms with Crippen molar-refractivity contribution in [1.29, 1.82) is 0 Å². The molecule has 1 aliphatic heterocycles. The molecule has 1 unspecified atom stereocenters. The van der Waals surface area contributed by atoms with Gasteiger partial charge in [-0.15, -0.1) is 12.4 Å². The molecule has 0 saturated carbocycles. The molecule has 1 heterocycles. The molecule has 0 spiro atoms. The van der Waals surface area contributed by atoms with E-state index < -0.39 is 0 Å². The van der Waals surface area contributed by atoms with Crippen LogP contribution in [-0.2, 0) is 9.53 Å². The van der Waals surface area contributed by atoms with Crippen molar-refractivity contribution >= 4 is 30.1 Å². The minimum atomic E-state index is -0.330. The highest BCUT2D eigenvalue weighted by Crippen LogP contribution is 2.18. The molecule has 1 rings (SSSR count). The van der Waals surface area contributed by atoms with Crippen LogP contribution >= 0.6 is 24.2 Å². The second kappa shape index (κ2) is 10.8. The van der Waals surface area contributed by atoms with Crippen LogP contribution in [0, 0.1) is 5.92 Å². The van der Waals surface area contributed by atoms with Crippen molar-refractivity contribution in [3.8, 4) is 0 Å². The Balaban J connectivity index is 0.00000324. The standard InChI is InChI=1S/C13H26N2O2S.ClH/c1-3-17-10-11-5-4-7-15(9-11)13(16)12(14)6-8-18-2;/h11-12H,3-10,14H2,1-2H3;1H/t11?,12-;/m0./s1. The summed E-state index contributed by atoms with van der Waals surface area (Å²) in [5.41, 5.74) is 5.94. The van der Waals surface area contributed by atoms with Gasteiger partial charge in [-0.25, -0.2) is 0 Å². The third-order valence-corrected chi connectivity index (χ3v) is 3.98. The summed E-state index contributed by atoms with van der Waals surface area (Å²) in [7, 11) is 0. The molecule has 6 heteroatoms. The Morgan fingerprint density at radius 3 is 2.95 bits per heavy atom. The second-order valence-electron chi connectivity index (χ2n) is 4.84. The SMILES string of the molecule is CCOCC1CCCN(C(=O)[C@@H](N)CCSC)C1.Cl. The summed E-state index contributed by atoms with van der Waals surface area (Å²) in [6.07, 6.45) is 5.03. The lowest BCUT2D eigenvalue weighted by Gasteiger charge is -2.34. The number of ether oxygens (including phenoxy) is 1. The number of nitrogens with zero attached hydrogens (tertiary/aromatic N) is 1. The van der Waals surface area contributed by atoms with E-state index in [1.807, 2.05) is 18.1 Å². The van der Waals surface area contributed by atoms with E-state index in [0.29, 0.717) is 5.92 Å². The molecule has 0 bridgehead atoms. The number of halogens is 1. The van der Waals surface area contributed by atoms with Crippen LogP contribution in [0.1, 0.15) is 26.2 Å². The van der Waals surface area contributed by atoms with E-state index in [4.69, 9.17) is 10.5 Å². The molecular formula is C13H27ClN2O2S. The Labute approximate surface area is 127 Å². The van der Waals surface area contributed by atoms with Gasteiger partial charge in [0.1, 0.15) is 0 Å². The minimum Gasteiger partial charge on any atom is -0.381 e. The Hall–Kier alpha value is 0.0300. The van der Waals surface area contributed by atoms with Gasteiger partial charge in [0.15, 0.2) is 0 Å². The summed E-state index contributed by atoms with van der Waals surface area (Å²) in [6.45, 7) is 5.18. The first-order valence-electron chi connectivity index (χ1n) is 6.80. The minimum absolute atomic E-state index is 0. The quantitative estimate of drug-likeness (QED) is 0.778. The Morgan fingerprint density at radius 1 is 1.58 bits per heavy atom. The van der Waals surface area contributed by atoms with Gasteiger partial charge in [0.05, 0.1) is 12.6 Å². The number of hydrogen-bond donors (Lipinski definition) is 1. The fraction of sp³-hybridized carbons (Fsp3) is 0.923. The van der Waals surface area contributed by atoms with Gasteiger partial charge in [0, 0.05) is 19.7 Å². The van der Waals surface area contributed by atoms with Gasteiger partial charge in [0.2, 0.25) is 5.91 Å². The van der Waals surface area contributed by atoms with Crippen molar-refractivity contribution in [3.63, 3.8) is 0 Å². The van der Waals surface area contributed by atoms with Crippen LogP contribution in [-0.4, -0.2) is 55.2 Å². The summed E-state index contributed by atoms with van der Waals surface area (Å²) in [6, 6.07) is -0.330. The third kappa shape index (κ3) is 6.84. The Morgan fingerprint density at radius 2 is 2.32 bits per heavy atom. The number of thioether (sulfide) groups is 1. The lowest BCUT2D eigenvalue weighted by atomic mass is 9.98. The zero-order valence-corrected chi connectivity index (χ0v) is 13.6. The smallest absolute Gasteiger partial charge is 0.239 e. The number of hydrogen-bond acceptors (Lipinski definition) is 4. The summed E-state index contributed by atoms with van der Waals surface area (Å²) in [4.78, 5) is 14.1. The zero-order chi connectivity index (χ0) is 13.4. The van der Waals surface area contributed by atoms with E-state index >= 15 is 0 Å². The van der Waals surface area contributed by atoms with Crippen molar-refractivity contribution in [1.82, 2.24) is 4.90 Å². The van der Waals surface area contributed by atoms with Crippen LogP contribution in [0.2, 0.25) is 0 Å². The summed E-state index contributed by atoms with van der Waals surface area (Å²) >= 11 is 1.73. The van der Waals surface area contributed by atoms with Crippen molar-refractivity contribution in [2.45, 2.75) is 32.2 Å². The van der Waals surface area contributed by atoms with E-state index in [-0.39, 0.29) is 24.4 Å². The number of amides is 1. The molecule has 2 N–H and O–H groups in total. The van der Waals surface area contributed by atoms with Crippen LogP contribution in [0.4, 0.5) is 0 Å². The Bertz CT molecular complexity index is 257. The topological polar surface area (TPSA) is 55.6 Å². The third-order valence-electron chi connectivity index (χ3n) is 3.34. The highest BCUT2D eigenvalue weighted by Gasteiger charge is 2.26. The van der Waals surface area contributed by atoms with Gasteiger partial charge in [-0.2, -0.15) is 11.8 Å². The molecule has 1 amide bonds. The lowest BCUT2D eigenvalue weighted by Crippen LogP contribution is -2.48. The van der Waals surface area contributed by atoms with E-state index in [2.05, 4.69) is 0 Å². The molecule has 2 atom stereocenters. The molecule has 19 heavy (non-hydrogen) atoms. The summed E-state index contributed by atoms with van der Waals surface area (Å²) in [5.74, 6) is 1.55. The number of rotatable bonds is 7. The normalized spacial score (nSPS) is 20.8. The second-order valence-corrected chi connectivity index (χ2v) is 5.83. The predicted molar refractivity (Wildman–Crippen MR) is 84.0 cm³/mol. The van der Waals surface area contributed by atoms with E-state index in [1.54, 1.807) is 11.8 Å². The largest absolute Gasteiger partial charge is 0.381 e. The number of nitrogens with two attached hydrogens (primary N) is 1. The van der Waals surface area contributed by atoms with Crippen LogP contribution in [0.15, 0.2) is 0 Å². The number of likely N-dealkylation sites (tertiary alicyclic amines) is 1. The molecule has 0 aromatic rings. The fourth-order valence-corrected chi connectivity index (χ4v) is 2.78. The molecule has 1 aliphatic rings. The molecule has 0 radical (unpaired) electrons. The maximum Gasteiger partial charge on any atom is 0.239 e. The fourth-order valence-electron chi connectivity index (χ4n) is 2.29. The van der Waals surface area contributed by atoms with Crippen LogP contribution in [0.5, 0.6) is 0 Å². The van der Waals surface area contributed by atoms with E-state index in [9.17, 15) is 4.79 Å². The lowest BCUT2D eigenvalue weighted by molar-refractivity contribution is -0.134. The molecule has 1 fully saturated rings. The molecule has 114 valence electrons. The summed E-state index contributed by atoms with van der Waals surface area (Å²) in [5, 5.41) is 0. The molecular weight excluding hydrogens is 284 g/mol. The first kappa shape index (κ1) is 19.0. The summed E-state index contributed by atoms with van der Waals surface area (Å²) < 4.78 is 5.45. The maximum atomic E-state index is 12.2. The first-order chi connectivity index (χ1) is 8.69. The molecule has 4 nitrogen and oxygen atoms in total. The molecule has 0 aromatic carbocycles. The molecule has 0 aliphatic carbocycles. The van der Waals surface area contributed by atoms with Gasteiger partial charge in [-0.3, -0.25) is 4.79 Å². The average Bonchev–Trinajstić information content (AvgIpc) is 2.42. The van der Waals surface area contributed by atoms with Crippen LogP contribution in [0.25, 0.3) is 0 Å². The van der Waals surface area contributed by atoms with Gasteiger partial charge in [0.25, 0.3) is 0 Å².